The van der Waals surface area contributed by atoms with Crippen molar-refractivity contribution in [2.24, 2.45) is 5.92 Å². The van der Waals surface area contributed by atoms with Gasteiger partial charge in [0.15, 0.2) is 6.10 Å². The van der Waals surface area contributed by atoms with Crippen molar-refractivity contribution in [3.8, 4) is 0 Å². The van der Waals surface area contributed by atoms with E-state index in [0.717, 1.165) is 0 Å². The first-order chi connectivity index (χ1) is 9.81. The maximum atomic E-state index is 12.2. The second-order valence-electron chi connectivity index (χ2n) is 7.86. The molecule has 0 saturated heterocycles. The minimum atomic E-state index is -1.36. The van der Waals surface area contributed by atoms with Gasteiger partial charge in [0.1, 0.15) is 5.60 Å². The van der Waals surface area contributed by atoms with Crippen LogP contribution in [0.15, 0.2) is 12.7 Å². The molecule has 0 aromatic rings. The number of carbonyl (C=O) groups is 2. The van der Waals surface area contributed by atoms with Gasteiger partial charge in [0.25, 0.3) is 5.91 Å². The second-order valence-corrected chi connectivity index (χ2v) is 7.86. The van der Waals surface area contributed by atoms with E-state index in [2.05, 4.69) is 17.2 Å². The molecule has 1 aliphatic rings. The molecule has 0 radical (unpaired) electrons. The highest BCUT2D eigenvalue weighted by atomic mass is 16.6. The third kappa shape index (κ3) is 4.73. The molecule has 0 aromatic carbocycles. The zero-order valence-corrected chi connectivity index (χ0v) is 14.3. The van der Waals surface area contributed by atoms with Crippen molar-refractivity contribution in [1.82, 2.24) is 10.6 Å². The van der Waals surface area contributed by atoms with Crippen LogP contribution in [0.25, 0.3) is 0 Å². The Balaban J connectivity index is 2.82. The van der Waals surface area contributed by atoms with Crippen LogP contribution in [0.3, 0.4) is 0 Å². The topological polar surface area (TPSA) is 87.7 Å². The van der Waals surface area contributed by atoms with Crippen molar-refractivity contribution in [3.63, 3.8) is 0 Å². The lowest BCUT2D eigenvalue weighted by Gasteiger charge is -2.29. The van der Waals surface area contributed by atoms with Crippen molar-refractivity contribution >= 4 is 12.0 Å². The monoisotopic (exact) mass is 312 g/mol. The number of rotatable bonds is 4. The second kappa shape index (κ2) is 5.91. The summed E-state index contributed by atoms with van der Waals surface area (Å²) >= 11 is 0. The fraction of sp³-hybridized carbons (Fsp3) is 0.750. The molecule has 3 atom stereocenters. The third-order valence-corrected chi connectivity index (χ3v) is 3.31. The summed E-state index contributed by atoms with van der Waals surface area (Å²) in [5, 5.41) is 15.8. The summed E-state index contributed by atoms with van der Waals surface area (Å²) in [5.41, 5.74) is -2.16. The maximum absolute atomic E-state index is 12.2. The summed E-state index contributed by atoms with van der Waals surface area (Å²) in [7, 11) is 0. The zero-order chi connectivity index (χ0) is 17.3. The van der Waals surface area contributed by atoms with Gasteiger partial charge in [-0.05, 0) is 48.0 Å². The van der Waals surface area contributed by atoms with Crippen LogP contribution in [-0.4, -0.2) is 39.9 Å². The molecule has 6 heteroatoms. The number of carbonyl (C=O) groups excluding carboxylic acids is 2. The van der Waals surface area contributed by atoms with Gasteiger partial charge in [-0.2, -0.15) is 0 Å². The summed E-state index contributed by atoms with van der Waals surface area (Å²) in [6, 6.07) is 0. The fourth-order valence-corrected chi connectivity index (χ4v) is 2.29. The van der Waals surface area contributed by atoms with E-state index >= 15 is 0 Å². The summed E-state index contributed by atoms with van der Waals surface area (Å²) in [6.45, 7) is 14.4. The minimum Gasteiger partial charge on any atom is -0.444 e. The number of nitrogens with one attached hydrogen (secondary N) is 2. The van der Waals surface area contributed by atoms with Crippen molar-refractivity contribution < 1.29 is 19.4 Å². The molecule has 3 unspecified atom stereocenters. The molecule has 1 saturated carbocycles. The van der Waals surface area contributed by atoms with E-state index in [9.17, 15) is 14.7 Å². The first-order valence-corrected chi connectivity index (χ1v) is 7.44. The summed E-state index contributed by atoms with van der Waals surface area (Å²) in [5.74, 6) is -0.686. The van der Waals surface area contributed by atoms with Gasteiger partial charge in [0.2, 0.25) is 0 Å². The Morgan fingerprint density at radius 3 is 2.23 bits per heavy atom. The largest absolute Gasteiger partial charge is 0.444 e. The lowest BCUT2D eigenvalue weighted by Crippen LogP contribution is -2.57. The van der Waals surface area contributed by atoms with E-state index in [4.69, 9.17) is 4.74 Å². The molecule has 0 heterocycles. The Hall–Kier alpha value is -1.56. The van der Waals surface area contributed by atoms with E-state index in [0.29, 0.717) is 6.42 Å². The third-order valence-electron chi connectivity index (χ3n) is 3.31. The van der Waals surface area contributed by atoms with Crippen LogP contribution in [-0.2, 0) is 9.53 Å². The van der Waals surface area contributed by atoms with E-state index in [1.165, 1.54) is 0 Å². The molecule has 126 valence electrons. The molecule has 6 nitrogen and oxygen atoms in total. The SMILES string of the molecule is C=CC1CC1(NC(=O)OC(C)(C)C)C(O)C(=O)NC(C)(C)C. The van der Waals surface area contributed by atoms with Crippen molar-refractivity contribution in [3.05, 3.63) is 12.7 Å². The molecule has 2 amide bonds. The van der Waals surface area contributed by atoms with E-state index in [1.54, 1.807) is 26.8 Å². The summed E-state index contributed by atoms with van der Waals surface area (Å²) < 4.78 is 5.21. The molecule has 1 rings (SSSR count). The van der Waals surface area contributed by atoms with Crippen LogP contribution in [0.2, 0.25) is 0 Å². The van der Waals surface area contributed by atoms with Crippen molar-refractivity contribution in [2.75, 3.05) is 0 Å². The number of alkyl carbamates (subject to hydrolysis) is 1. The average Bonchev–Trinajstić information content (AvgIpc) is 2.97. The minimum absolute atomic E-state index is 0.166. The highest BCUT2D eigenvalue weighted by Crippen LogP contribution is 2.47. The van der Waals surface area contributed by atoms with Gasteiger partial charge >= 0.3 is 6.09 Å². The van der Waals surface area contributed by atoms with Gasteiger partial charge in [0.05, 0.1) is 5.54 Å². The number of aliphatic hydroxyl groups excluding tert-OH is 1. The normalized spacial score (nSPS) is 25.9. The number of ether oxygens (including phenoxy) is 1. The zero-order valence-electron chi connectivity index (χ0n) is 14.3. The van der Waals surface area contributed by atoms with Gasteiger partial charge in [-0.1, -0.05) is 6.08 Å². The molecule has 0 spiro atoms. The standard InChI is InChI=1S/C16H28N2O4/c1-8-10-9-16(10,18-13(21)22-15(5,6)7)11(19)12(20)17-14(2,3)4/h8,10-11,19H,1,9H2,2-7H3,(H,17,20)(H,18,21). The predicted molar refractivity (Wildman–Crippen MR) is 84.3 cm³/mol. The Bertz CT molecular complexity index is 462. The molecule has 0 bridgehead atoms. The summed E-state index contributed by atoms with van der Waals surface area (Å²) in [6.07, 6.45) is 0.0705. The van der Waals surface area contributed by atoms with Crippen LogP contribution in [0.4, 0.5) is 4.79 Å². The number of aliphatic hydroxyl groups is 1. The van der Waals surface area contributed by atoms with Crippen LogP contribution in [0, 0.1) is 5.92 Å². The smallest absolute Gasteiger partial charge is 0.408 e. The van der Waals surface area contributed by atoms with Crippen molar-refractivity contribution in [2.45, 2.75) is 70.7 Å². The first kappa shape index (κ1) is 18.5. The highest BCUT2D eigenvalue weighted by Gasteiger charge is 2.61. The predicted octanol–water partition coefficient (Wildman–Crippen LogP) is 1.73. The Labute approximate surface area is 132 Å². The van der Waals surface area contributed by atoms with Gasteiger partial charge < -0.3 is 20.5 Å². The van der Waals surface area contributed by atoms with Gasteiger partial charge in [-0.15, -0.1) is 6.58 Å². The first-order valence-electron chi connectivity index (χ1n) is 7.44. The van der Waals surface area contributed by atoms with Crippen molar-refractivity contribution in [1.29, 1.82) is 0 Å². The Morgan fingerprint density at radius 2 is 1.86 bits per heavy atom. The van der Waals surface area contributed by atoms with Crippen LogP contribution >= 0.6 is 0 Å². The van der Waals surface area contributed by atoms with E-state index in [1.807, 2.05) is 20.8 Å². The highest BCUT2D eigenvalue weighted by molar-refractivity contribution is 5.85. The molecule has 1 aliphatic carbocycles. The molecule has 3 N–H and O–H groups in total. The molecule has 22 heavy (non-hydrogen) atoms. The Morgan fingerprint density at radius 1 is 1.32 bits per heavy atom. The Kier molecular flexibility index (Phi) is 4.97. The summed E-state index contributed by atoms with van der Waals surface area (Å²) in [4.78, 5) is 24.2. The lowest BCUT2D eigenvalue weighted by atomic mass is 10.0. The number of hydrogen-bond donors (Lipinski definition) is 3. The van der Waals surface area contributed by atoms with Crippen LogP contribution < -0.4 is 10.6 Å². The van der Waals surface area contributed by atoms with E-state index < -0.39 is 34.8 Å². The van der Waals surface area contributed by atoms with Gasteiger partial charge in [-0.25, -0.2) is 4.79 Å². The maximum Gasteiger partial charge on any atom is 0.408 e. The number of amides is 2. The van der Waals surface area contributed by atoms with Crippen LogP contribution in [0.1, 0.15) is 48.0 Å². The average molecular weight is 312 g/mol. The molecular weight excluding hydrogens is 284 g/mol. The fourth-order valence-electron chi connectivity index (χ4n) is 2.29. The number of hydrogen-bond acceptors (Lipinski definition) is 4. The molecule has 0 aliphatic heterocycles. The quantitative estimate of drug-likeness (QED) is 0.690. The van der Waals surface area contributed by atoms with Gasteiger partial charge in [0, 0.05) is 11.5 Å². The van der Waals surface area contributed by atoms with Gasteiger partial charge in [-0.3, -0.25) is 4.79 Å². The molecule has 1 fully saturated rings. The van der Waals surface area contributed by atoms with E-state index in [-0.39, 0.29) is 5.92 Å². The molecule has 0 aromatic heterocycles. The molecular formula is C16H28N2O4. The lowest BCUT2D eigenvalue weighted by molar-refractivity contribution is -0.133. The van der Waals surface area contributed by atoms with Crippen LogP contribution in [0.5, 0.6) is 0 Å².